The van der Waals surface area contributed by atoms with E-state index in [1.165, 1.54) is 17.8 Å². The summed E-state index contributed by atoms with van der Waals surface area (Å²) >= 11 is 1.21. The van der Waals surface area contributed by atoms with E-state index in [-0.39, 0.29) is 17.3 Å². The highest BCUT2D eigenvalue weighted by molar-refractivity contribution is 7.99. The Labute approximate surface area is 124 Å². The molecule has 0 amide bonds. The Bertz CT molecular complexity index is 748. The van der Waals surface area contributed by atoms with E-state index in [9.17, 15) is 9.59 Å². The predicted octanol–water partition coefficient (Wildman–Crippen LogP) is 1.71. The summed E-state index contributed by atoms with van der Waals surface area (Å²) in [5, 5.41) is 16.6. The fourth-order valence-electron chi connectivity index (χ4n) is 2.03. The summed E-state index contributed by atoms with van der Waals surface area (Å²) < 4.78 is 1.62. The van der Waals surface area contributed by atoms with Crippen molar-refractivity contribution in [3.05, 3.63) is 33.9 Å². The highest BCUT2D eigenvalue weighted by atomic mass is 32.2. The lowest BCUT2D eigenvalue weighted by Gasteiger charge is -2.06. The Hall–Kier alpha value is -2.09. The molecule has 0 unspecified atom stereocenters. The lowest BCUT2D eigenvalue weighted by atomic mass is 10.2. The molecule has 1 aliphatic carbocycles. The van der Waals surface area contributed by atoms with Crippen LogP contribution in [0.15, 0.2) is 27.1 Å². The fraction of sp³-hybridized carbons (Fsp3) is 0.385. The van der Waals surface area contributed by atoms with Crippen molar-refractivity contribution in [2.24, 2.45) is 0 Å². The van der Waals surface area contributed by atoms with Crippen LogP contribution in [-0.4, -0.2) is 30.8 Å². The normalized spacial score (nSPS) is 14.3. The molecule has 0 aliphatic heterocycles. The molecule has 0 radical (unpaired) electrons. The lowest BCUT2D eigenvalue weighted by Crippen LogP contribution is -2.16. The van der Waals surface area contributed by atoms with E-state index in [1.807, 2.05) is 6.92 Å². The molecule has 8 heteroatoms. The Kier molecular flexibility index (Phi) is 3.54. The third kappa shape index (κ3) is 2.85. The summed E-state index contributed by atoms with van der Waals surface area (Å²) in [6.45, 7) is 1.91. The van der Waals surface area contributed by atoms with Gasteiger partial charge in [-0.05, 0) is 43.2 Å². The van der Waals surface area contributed by atoms with Gasteiger partial charge in [-0.15, -0.1) is 5.10 Å². The maximum Gasteiger partial charge on any atom is 0.344 e. The van der Waals surface area contributed by atoms with Crippen LogP contribution < -0.4 is 5.69 Å². The Balaban J connectivity index is 1.96. The molecule has 1 aliphatic rings. The number of carboxylic acid groups (broad SMARTS) is 1. The molecule has 7 nitrogen and oxygen atoms in total. The van der Waals surface area contributed by atoms with Gasteiger partial charge in [0.15, 0.2) is 5.16 Å². The molecular formula is C13H14N4O3S. The van der Waals surface area contributed by atoms with E-state index in [4.69, 9.17) is 5.11 Å². The van der Waals surface area contributed by atoms with Gasteiger partial charge < -0.3 is 5.11 Å². The van der Waals surface area contributed by atoms with Gasteiger partial charge in [-0.2, -0.15) is 0 Å². The third-order valence-corrected chi connectivity index (χ3v) is 4.13. The summed E-state index contributed by atoms with van der Waals surface area (Å²) in [5.74, 6) is -0.990. The second kappa shape index (κ2) is 5.36. The molecule has 110 valence electrons. The van der Waals surface area contributed by atoms with Crippen LogP contribution in [-0.2, 0) is 6.42 Å². The third-order valence-electron chi connectivity index (χ3n) is 3.24. The highest BCUT2D eigenvalue weighted by Crippen LogP contribution is 2.37. The first-order valence-electron chi connectivity index (χ1n) is 6.67. The zero-order valence-corrected chi connectivity index (χ0v) is 12.2. The number of aromatic amines is 1. The van der Waals surface area contributed by atoms with Gasteiger partial charge >= 0.3 is 11.7 Å². The fourth-order valence-corrected chi connectivity index (χ4v) is 2.99. The molecule has 21 heavy (non-hydrogen) atoms. The number of hydrogen-bond donors (Lipinski definition) is 2. The molecule has 2 aromatic rings. The number of hydrogen-bond acceptors (Lipinski definition) is 5. The number of aromatic nitrogens is 4. The number of pyridine rings is 1. The number of nitrogens with zero attached hydrogens (tertiary/aromatic N) is 3. The first-order chi connectivity index (χ1) is 10.1. The minimum atomic E-state index is -0.990. The number of aromatic carboxylic acids is 1. The van der Waals surface area contributed by atoms with Crippen LogP contribution in [0.1, 0.15) is 41.9 Å². The summed E-state index contributed by atoms with van der Waals surface area (Å²) in [7, 11) is 0. The summed E-state index contributed by atoms with van der Waals surface area (Å²) in [6, 6.07) is 3.26. The summed E-state index contributed by atoms with van der Waals surface area (Å²) in [5.41, 5.74) is 0.665. The van der Waals surface area contributed by atoms with Crippen LogP contribution in [0.5, 0.6) is 0 Å². The van der Waals surface area contributed by atoms with E-state index >= 15 is 0 Å². The molecule has 1 fully saturated rings. The monoisotopic (exact) mass is 306 g/mol. The molecule has 2 heterocycles. The van der Waals surface area contributed by atoms with E-state index in [1.54, 1.807) is 10.6 Å². The van der Waals surface area contributed by atoms with Crippen molar-refractivity contribution < 1.29 is 9.90 Å². The van der Waals surface area contributed by atoms with Crippen LogP contribution in [0.25, 0.3) is 0 Å². The van der Waals surface area contributed by atoms with Crippen molar-refractivity contribution in [3.8, 4) is 0 Å². The molecular weight excluding hydrogens is 292 g/mol. The number of aryl methyl sites for hydroxylation is 1. The number of carboxylic acids is 1. The quantitative estimate of drug-likeness (QED) is 0.872. The minimum absolute atomic E-state index is 0.195. The highest BCUT2D eigenvalue weighted by Gasteiger charge is 2.29. The standard InChI is InChI=1S/C13H14N4O3S/c1-2-8-5-7(11(18)19)6-10(14-8)21-13-16-15-12(20)17(13)9-3-4-9/h5-6,9H,2-4H2,1H3,(H,15,20)(H,18,19). The lowest BCUT2D eigenvalue weighted by molar-refractivity contribution is 0.0696. The van der Waals surface area contributed by atoms with Gasteiger partial charge in [0.25, 0.3) is 0 Å². The molecule has 1 saturated carbocycles. The van der Waals surface area contributed by atoms with Crippen molar-refractivity contribution in [1.29, 1.82) is 0 Å². The van der Waals surface area contributed by atoms with Gasteiger partial charge in [0, 0.05) is 11.7 Å². The van der Waals surface area contributed by atoms with E-state index < -0.39 is 5.97 Å². The van der Waals surface area contributed by atoms with Crippen LogP contribution >= 0.6 is 11.8 Å². The minimum Gasteiger partial charge on any atom is -0.478 e. The van der Waals surface area contributed by atoms with Crippen LogP contribution in [0.4, 0.5) is 0 Å². The molecule has 0 bridgehead atoms. The average molecular weight is 306 g/mol. The molecule has 0 aromatic carbocycles. The SMILES string of the molecule is CCc1cc(C(=O)O)cc(Sc2n[nH]c(=O)n2C2CC2)n1. The largest absolute Gasteiger partial charge is 0.478 e. The first-order valence-corrected chi connectivity index (χ1v) is 7.49. The molecule has 0 saturated heterocycles. The molecule has 2 aromatic heterocycles. The van der Waals surface area contributed by atoms with Gasteiger partial charge in [-0.3, -0.25) is 4.57 Å². The smallest absolute Gasteiger partial charge is 0.344 e. The number of H-pyrrole nitrogens is 1. The van der Waals surface area contributed by atoms with E-state index in [2.05, 4.69) is 15.2 Å². The van der Waals surface area contributed by atoms with Crippen molar-refractivity contribution in [3.63, 3.8) is 0 Å². The zero-order chi connectivity index (χ0) is 15.0. The first kappa shape index (κ1) is 13.9. The van der Waals surface area contributed by atoms with Crippen LogP contribution in [0, 0.1) is 0 Å². The average Bonchev–Trinajstić information content (AvgIpc) is 3.23. The Morgan fingerprint density at radius 2 is 2.29 bits per heavy atom. The number of rotatable bonds is 5. The molecule has 0 atom stereocenters. The van der Waals surface area contributed by atoms with Gasteiger partial charge in [0.1, 0.15) is 5.03 Å². The van der Waals surface area contributed by atoms with Crippen molar-refractivity contribution >= 4 is 17.7 Å². The second-order valence-electron chi connectivity index (χ2n) is 4.86. The van der Waals surface area contributed by atoms with Crippen molar-refractivity contribution in [2.75, 3.05) is 0 Å². The van der Waals surface area contributed by atoms with Crippen LogP contribution in [0.2, 0.25) is 0 Å². The van der Waals surface area contributed by atoms with Crippen LogP contribution in [0.3, 0.4) is 0 Å². The van der Waals surface area contributed by atoms with Gasteiger partial charge in [0.2, 0.25) is 0 Å². The Morgan fingerprint density at radius 3 is 2.90 bits per heavy atom. The second-order valence-corrected chi connectivity index (χ2v) is 5.85. The summed E-state index contributed by atoms with van der Waals surface area (Å²) in [4.78, 5) is 27.3. The van der Waals surface area contributed by atoms with E-state index in [0.29, 0.717) is 22.3 Å². The van der Waals surface area contributed by atoms with Gasteiger partial charge in [-0.1, -0.05) is 6.92 Å². The summed E-state index contributed by atoms with van der Waals surface area (Å²) in [6.07, 6.45) is 2.58. The number of nitrogens with one attached hydrogen (secondary N) is 1. The molecule has 2 N–H and O–H groups in total. The van der Waals surface area contributed by atoms with E-state index in [0.717, 1.165) is 12.8 Å². The van der Waals surface area contributed by atoms with Crippen molar-refractivity contribution in [2.45, 2.75) is 42.4 Å². The number of carbonyl (C=O) groups is 1. The van der Waals surface area contributed by atoms with Gasteiger partial charge in [-0.25, -0.2) is 19.7 Å². The maximum atomic E-state index is 11.7. The van der Waals surface area contributed by atoms with Gasteiger partial charge in [0.05, 0.1) is 5.56 Å². The van der Waals surface area contributed by atoms with Crippen molar-refractivity contribution in [1.82, 2.24) is 19.7 Å². The molecule has 3 rings (SSSR count). The zero-order valence-electron chi connectivity index (χ0n) is 11.4. The maximum absolute atomic E-state index is 11.7. The Morgan fingerprint density at radius 1 is 1.52 bits per heavy atom. The topological polar surface area (TPSA) is 101 Å². The predicted molar refractivity (Wildman–Crippen MR) is 75.8 cm³/mol. The molecule has 0 spiro atoms.